The van der Waals surface area contributed by atoms with Crippen LogP contribution < -0.4 is 5.73 Å². The zero-order chi connectivity index (χ0) is 12.6. The Labute approximate surface area is 99.5 Å². The quantitative estimate of drug-likeness (QED) is 0.668. The van der Waals surface area contributed by atoms with Gasteiger partial charge in [0.2, 0.25) is 0 Å². The molecule has 4 nitrogen and oxygen atoms in total. The minimum atomic E-state index is -2.83. The molecule has 0 aliphatic carbocycles. The molecule has 5 heteroatoms. The van der Waals surface area contributed by atoms with Gasteiger partial charge in [-0.1, -0.05) is 13.8 Å². The van der Waals surface area contributed by atoms with Crippen molar-refractivity contribution in [2.24, 2.45) is 11.7 Å². The molecular formula is C11H25NO3S. The van der Waals surface area contributed by atoms with Gasteiger partial charge in [-0.25, -0.2) is 8.42 Å². The van der Waals surface area contributed by atoms with Crippen molar-refractivity contribution in [1.82, 2.24) is 0 Å². The normalized spacial score (nSPS) is 16.0. The monoisotopic (exact) mass is 251 g/mol. The van der Waals surface area contributed by atoms with Gasteiger partial charge in [-0.05, 0) is 25.2 Å². The summed E-state index contributed by atoms with van der Waals surface area (Å²) in [6.07, 6.45) is 2.32. The highest BCUT2D eigenvalue weighted by molar-refractivity contribution is 7.91. The fourth-order valence-corrected chi connectivity index (χ4v) is 2.59. The van der Waals surface area contributed by atoms with Gasteiger partial charge < -0.3 is 10.5 Å². The van der Waals surface area contributed by atoms with Crippen LogP contribution in [0.4, 0.5) is 0 Å². The van der Waals surface area contributed by atoms with Crippen LogP contribution in [0.1, 0.15) is 33.1 Å². The molecule has 0 aliphatic rings. The molecule has 98 valence electrons. The average Bonchev–Trinajstić information content (AvgIpc) is 2.17. The van der Waals surface area contributed by atoms with Gasteiger partial charge >= 0.3 is 0 Å². The summed E-state index contributed by atoms with van der Waals surface area (Å²) < 4.78 is 27.5. The maximum atomic E-state index is 11.2. The first-order valence-electron chi connectivity index (χ1n) is 5.86. The molecule has 0 rings (SSSR count). The van der Waals surface area contributed by atoms with Crippen LogP contribution in [0.3, 0.4) is 0 Å². The molecule has 0 spiro atoms. The van der Waals surface area contributed by atoms with Crippen molar-refractivity contribution in [2.45, 2.75) is 39.2 Å². The van der Waals surface area contributed by atoms with Gasteiger partial charge in [-0.3, -0.25) is 0 Å². The molecule has 2 N–H and O–H groups in total. The van der Waals surface area contributed by atoms with Crippen LogP contribution in [0.5, 0.6) is 0 Å². The molecule has 0 aliphatic heterocycles. The molecule has 0 amide bonds. The largest absolute Gasteiger partial charge is 0.384 e. The highest BCUT2D eigenvalue weighted by Gasteiger charge is 2.11. The molecule has 0 saturated carbocycles. The highest BCUT2D eigenvalue weighted by Crippen LogP contribution is 2.09. The maximum absolute atomic E-state index is 11.2. The van der Waals surface area contributed by atoms with Crippen LogP contribution in [0.15, 0.2) is 0 Å². The second kappa shape index (κ2) is 8.03. The highest BCUT2D eigenvalue weighted by atomic mass is 32.2. The molecule has 0 heterocycles. The Hall–Kier alpha value is -0.130. The number of hydrogen-bond acceptors (Lipinski definition) is 4. The Morgan fingerprint density at radius 3 is 2.50 bits per heavy atom. The summed E-state index contributed by atoms with van der Waals surface area (Å²) in [5.41, 5.74) is 5.93. The number of sulfone groups is 1. The van der Waals surface area contributed by atoms with Crippen molar-refractivity contribution in [3.63, 3.8) is 0 Å². The van der Waals surface area contributed by atoms with Gasteiger partial charge in [0.1, 0.15) is 9.84 Å². The third-order valence-corrected chi connectivity index (χ3v) is 4.42. The topological polar surface area (TPSA) is 69.4 Å². The van der Waals surface area contributed by atoms with E-state index in [1.807, 2.05) is 0 Å². The second-order valence-electron chi connectivity index (χ2n) is 4.43. The van der Waals surface area contributed by atoms with Gasteiger partial charge in [0.05, 0.1) is 5.75 Å². The van der Waals surface area contributed by atoms with Crippen molar-refractivity contribution >= 4 is 9.84 Å². The van der Waals surface area contributed by atoms with Crippen molar-refractivity contribution in [1.29, 1.82) is 0 Å². The summed E-state index contributed by atoms with van der Waals surface area (Å²) in [7, 11) is -1.16. The predicted molar refractivity (Wildman–Crippen MR) is 67.2 cm³/mol. The van der Waals surface area contributed by atoms with Gasteiger partial charge in [0.25, 0.3) is 0 Å². The standard InChI is InChI=1S/C11H25NO3S/c1-4-16(13,14)7-5-6-11(12)8-10(2)9-15-3/h10-11H,4-9,12H2,1-3H3. The van der Waals surface area contributed by atoms with E-state index in [9.17, 15) is 8.42 Å². The Morgan fingerprint density at radius 2 is 2.00 bits per heavy atom. The molecular weight excluding hydrogens is 226 g/mol. The van der Waals surface area contributed by atoms with Gasteiger partial charge in [0, 0.05) is 25.5 Å². The molecule has 2 unspecified atom stereocenters. The van der Waals surface area contributed by atoms with E-state index in [2.05, 4.69) is 6.92 Å². The Balaban J connectivity index is 3.70. The number of rotatable bonds is 9. The van der Waals surface area contributed by atoms with Crippen molar-refractivity contribution in [3.05, 3.63) is 0 Å². The lowest BCUT2D eigenvalue weighted by Gasteiger charge is -2.16. The zero-order valence-electron chi connectivity index (χ0n) is 10.6. The van der Waals surface area contributed by atoms with E-state index in [1.54, 1.807) is 14.0 Å². The first-order chi connectivity index (χ1) is 7.41. The van der Waals surface area contributed by atoms with Crippen molar-refractivity contribution < 1.29 is 13.2 Å². The lowest BCUT2D eigenvalue weighted by atomic mass is 10.00. The summed E-state index contributed by atoms with van der Waals surface area (Å²) in [6.45, 7) is 4.48. The van der Waals surface area contributed by atoms with Gasteiger partial charge in [-0.2, -0.15) is 0 Å². The van der Waals surface area contributed by atoms with E-state index in [1.165, 1.54) is 0 Å². The first-order valence-corrected chi connectivity index (χ1v) is 7.68. The maximum Gasteiger partial charge on any atom is 0.150 e. The van der Waals surface area contributed by atoms with Gasteiger partial charge in [-0.15, -0.1) is 0 Å². The molecule has 0 radical (unpaired) electrons. The first kappa shape index (κ1) is 15.9. The number of nitrogens with two attached hydrogens (primary N) is 1. The third-order valence-electron chi connectivity index (χ3n) is 2.63. The number of hydrogen-bond donors (Lipinski definition) is 1. The SMILES string of the molecule is CCS(=O)(=O)CCCC(N)CC(C)COC. The minimum absolute atomic E-state index is 0.0807. The van der Waals surface area contributed by atoms with Gasteiger partial charge in [0.15, 0.2) is 0 Å². The zero-order valence-corrected chi connectivity index (χ0v) is 11.4. The molecule has 2 atom stereocenters. The van der Waals surface area contributed by atoms with E-state index >= 15 is 0 Å². The summed E-state index contributed by atoms with van der Waals surface area (Å²) in [5.74, 6) is 0.917. The smallest absolute Gasteiger partial charge is 0.150 e. The molecule has 0 bridgehead atoms. The average molecular weight is 251 g/mol. The van der Waals surface area contributed by atoms with Crippen LogP contribution in [-0.2, 0) is 14.6 Å². The predicted octanol–water partition coefficient (Wildman–Crippen LogP) is 1.20. The van der Waals surface area contributed by atoms with Crippen LogP contribution in [0, 0.1) is 5.92 Å². The van der Waals surface area contributed by atoms with Crippen LogP contribution >= 0.6 is 0 Å². The Kier molecular flexibility index (Phi) is 7.97. The summed E-state index contributed by atoms with van der Waals surface area (Å²) >= 11 is 0. The summed E-state index contributed by atoms with van der Waals surface area (Å²) in [5, 5.41) is 0. The van der Waals surface area contributed by atoms with E-state index < -0.39 is 9.84 Å². The van der Waals surface area contributed by atoms with Crippen molar-refractivity contribution in [3.8, 4) is 0 Å². The fraction of sp³-hybridized carbons (Fsp3) is 1.00. The Bertz CT molecular complexity index is 264. The molecule has 0 aromatic carbocycles. The lowest BCUT2D eigenvalue weighted by molar-refractivity contribution is 0.151. The summed E-state index contributed by atoms with van der Waals surface area (Å²) in [6, 6.07) is 0.0807. The second-order valence-corrected chi connectivity index (χ2v) is 6.91. The molecule has 16 heavy (non-hydrogen) atoms. The molecule has 0 aromatic heterocycles. The van der Waals surface area contributed by atoms with E-state index in [4.69, 9.17) is 10.5 Å². The van der Waals surface area contributed by atoms with E-state index in [0.29, 0.717) is 18.9 Å². The molecule has 0 saturated heterocycles. The third kappa shape index (κ3) is 8.07. The van der Waals surface area contributed by atoms with Crippen molar-refractivity contribution in [2.75, 3.05) is 25.2 Å². The Morgan fingerprint density at radius 1 is 1.38 bits per heavy atom. The molecule has 0 aromatic rings. The van der Waals surface area contributed by atoms with E-state index in [-0.39, 0.29) is 17.5 Å². The number of methoxy groups -OCH3 is 1. The van der Waals surface area contributed by atoms with E-state index in [0.717, 1.165) is 12.8 Å². The lowest BCUT2D eigenvalue weighted by Crippen LogP contribution is -2.25. The number of ether oxygens (including phenoxy) is 1. The fourth-order valence-electron chi connectivity index (χ4n) is 1.70. The van der Waals surface area contributed by atoms with Crippen LogP contribution in [-0.4, -0.2) is 39.7 Å². The summed E-state index contributed by atoms with van der Waals surface area (Å²) in [4.78, 5) is 0. The minimum Gasteiger partial charge on any atom is -0.384 e. The van der Waals surface area contributed by atoms with Crippen LogP contribution in [0.2, 0.25) is 0 Å². The van der Waals surface area contributed by atoms with Crippen LogP contribution in [0.25, 0.3) is 0 Å². The molecule has 0 fully saturated rings.